The highest BCUT2D eigenvalue weighted by atomic mass is 79.9. The highest BCUT2D eigenvalue weighted by Gasteiger charge is 2.32. The summed E-state index contributed by atoms with van der Waals surface area (Å²) in [6.45, 7) is 0. The number of anilines is 1. The van der Waals surface area contributed by atoms with Crippen molar-refractivity contribution in [3.8, 4) is 11.5 Å². The molecule has 0 fully saturated rings. The van der Waals surface area contributed by atoms with E-state index in [0.29, 0.717) is 4.47 Å². The molecule has 0 atom stereocenters. The molecule has 0 aromatic heterocycles. The van der Waals surface area contributed by atoms with Crippen LogP contribution in [0.5, 0.6) is 11.5 Å². The number of benzene rings is 1. The Morgan fingerprint density at radius 1 is 1.36 bits per heavy atom. The fourth-order valence-electron chi connectivity index (χ4n) is 0.770. The van der Waals surface area contributed by atoms with E-state index >= 15 is 0 Å². The molecule has 0 amide bonds. The molecule has 0 aliphatic rings. The highest BCUT2D eigenvalue weighted by Crippen LogP contribution is 2.39. The molecule has 0 unspecified atom stereocenters. The summed E-state index contributed by atoms with van der Waals surface area (Å²) in [5, 5.41) is 9.16. The van der Waals surface area contributed by atoms with Gasteiger partial charge in [-0.2, -0.15) is 0 Å². The van der Waals surface area contributed by atoms with Crippen LogP contribution in [0.2, 0.25) is 0 Å². The SMILES string of the molecule is Nc1c(Br)ccc(OC(F)(F)F)c1O. The molecule has 0 radical (unpaired) electrons. The second kappa shape index (κ2) is 3.56. The van der Waals surface area contributed by atoms with Gasteiger partial charge < -0.3 is 15.6 Å². The predicted octanol–water partition coefficient (Wildman–Crippen LogP) is 2.64. The van der Waals surface area contributed by atoms with Gasteiger partial charge in [0, 0.05) is 4.47 Å². The van der Waals surface area contributed by atoms with E-state index in [4.69, 9.17) is 10.8 Å². The molecule has 7 heteroatoms. The molecule has 1 aromatic carbocycles. The molecule has 0 saturated carbocycles. The van der Waals surface area contributed by atoms with E-state index in [1.54, 1.807) is 0 Å². The summed E-state index contributed by atoms with van der Waals surface area (Å²) in [5.41, 5.74) is 5.06. The Morgan fingerprint density at radius 3 is 2.43 bits per heavy atom. The number of nitrogens with two attached hydrogens (primary N) is 1. The zero-order valence-electron chi connectivity index (χ0n) is 6.60. The zero-order valence-corrected chi connectivity index (χ0v) is 8.19. The summed E-state index contributed by atoms with van der Waals surface area (Å²) in [7, 11) is 0. The lowest BCUT2D eigenvalue weighted by molar-refractivity contribution is -0.275. The van der Waals surface area contributed by atoms with Gasteiger partial charge in [0.25, 0.3) is 0 Å². The number of rotatable bonds is 1. The van der Waals surface area contributed by atoms with E-state index < -0.39 is 17.9 Å². The molecule has 0 aliphatic heterocycles. The maximum absolute atomic E-state index is 11.8. The highest BCUT2D eigenvalue weighted by molar-refractivity contribution is 9.10. The standard InChI is InChI=1S/C7H5BrF3NO2/c8-3-1-2-4(6(13)5(3)12)14-7(9,10)11/h1-2,13H,12H2. The molecule has 14 heavy (non-hydrogen) atoms. The summed E-state index contributed by atoms with van der Waals surface area (Å²) in [4.78, 5) is 0. The Labute approximate surface area is 85.4 Å². The van der Waals surface area contributed by atoms with Crippen LogP contribution >= 0.6 is 15.9 Å². The Hall–Kier alpha value is -1.11. The normalized spacial score (nSPS) is 11.4. The van der Waals surface area contributed by atoms with Crippen molar-refractivity contribution in [3.05, 3.63) is 16.6 Å². The average molecular weight is 272 g/mol. The molecular weight excluding hydrogens is 267 g/mol. The van der Waals surface area contributed by atoms with E-state index in [9.17, 15) is 13.2 Å². The molecule has 1 rings (SSSR count). The van der Waals surface area contributed by atoms with Gasteiger partial charge in [0.15, 0.2) is 11.5 Å². The molecular formula is C7H5BrF3NO2. The van der Waals surface area contributed by atoms with Crippen LogP contribution in [0.4, 0.5) is 18.9 Å². The monoisotopic (exact) mass is 271 g/mol. The number of phenolic OH excluding ortho intramolecular Hbond substituents is 1. The van der Waals surface area contributed by atoms with Crippen molar-refractivity contribution < 1.29 is 23.0 Å². The second-order valence-corrected chi connectivity index (χ2v) is 3.21. The van der Waals surface area contributed by atoms with E-state index in [2.05, 4.69) is 20.7 Å². The van der Waals surface area contributed by atoms with Crippen molar-refractivity contribution in [2.45, 2.75) is 6.36 Å². The summed E-state index contributed by atoms with van der Waals surface area (Å²) in [5.74, 6) is -1.46. The van der Waals surface area contributed by atoms with Crippen molar-refractivity contribution in [2.75, 3.05) is 5.73 Å². The Morgan fingerprint density at radius 2 is 1.93 bits per heavy atom. The van der Waals surface area contributed by atoms with Crippen molar-refractivity contribution in [2.24, 2.45) is 0 Å². The zero-order chi connectivity index (χ0) is 10.9. The van der Waals surface area contributed by atoms with Crippen LogP contribution in [0.3, 0.4) is 0 Å². The minimum atomic E-state index is -4.85. The lowest BCUT2D eigenvalue weighted by Gasteiger charge is -2.11. The quantitative estimate of drug-likeness (QED) is 0.610. The second-order valence-electron chi connectivity index (χ2n) is 2.36. The number of alkyl halides is 3. The van der Waals surface area contributed by atoms with Gasteiger partial charge in [0.2, 0.25) is 0 Å². The fraction of sp³-hybridized carbons (Fsp3) is 0.143. The van der Waals surface area contributed by atoms with Crippen LogP contribution in [0.1, 0.15) is 0 Å². The first-order valence-electron chi connectivity index (χ1n) is 3.34. The molecule has 3 nitrogen and oxygen atoms in total. The van der Waals surface area contributed by atoms with Gasteiger partial charge >= 0.3 is 6.36 Å². The molecule has 0 saturated heterocycles. The van der Waals surface area contributed by atoms with Crippen LogP contribution in [0.15, 0.2) is 16.6 Å². The number of hydrogen-bond donors (Lipinski definition) is 2. The van der Waals surface area contributed by atoms with Crippen LogP contribution in [0.25, 0.3) is 0 Å². The minimum absolute atomic E-state index is 0.202. The smallest absolute Gasteiger partial charge is 0.503 e. The lowest BCUT2D eigenvalue weighted by atomic mass is 10.3. The van der Waals surface area contributed by atoms with Crippen molar-refractivity contribution >= 4 is 21.6 Å². The summed E-state index contributed by atoms with van der Waals surface area (Å²) in [6.07, 6.45) is -4.85. The number of hydrogen-bond acceptors (Lipinski definition) is 3. The molecule has 78 valence electrons. The average Bonchev–Trinajstić information content (AvgIpc) is 2.04. The van der Waals surface area contributed by atoms with Crippen LogP contribution in [-0.4, -0.2) is 11.5 Å². The summed E-state index contributed by atoms with van der Waals surface area (Å²) >= 11 is 2.94. The number of ether oxygens (including phenoxy) is 1. The fourth-order valence-corrected chi connectivity index (χ4v) is 1.09. The van der Waals surface area contributed by atoms with Crippen LogP contribution in [-0.2, 0) is 0 Å². The first-order chi connectivity index (χ1) is 6.31. The first-order valence-corrected chi connectivity index (χ1v) is 4.13. The van der Waals surface area contributed by atoms with Crippen molar-refractivity contribution in [3.63, 3.8) is 0 Å². The third kappa shape index (κ3) is 2.44. The molecule has 3 N–H and O–H groups in total. The van der Waals surface area contributed by atoms with Crippen molar-refractivity contribution in [1.29, 1.82) is 0 Å². The number of nitrogen functional groups attached to an aromatic ring is 1. The van der Waals surface area contributed by atoms with Crippen LogP contribution < -0.4 is 10.5 Å². The van der Waals surface area contributed by atoms with Gasteiger partial charge in [0.05, 0.1) is 5.69 Å². The predicted molar refractivity (Wildman–Crippen MR) is 46.9 cm³/mol. The van der Waals surface area contributed by atoms with Gasteiger partial charge in [-0.05, 0) is 28.1 Å². The van der Waals surface area contributed by atoms with E-state index in [1.165, 1.54) is 6.07 Å². The summed E-state index contributed by atoms with van der Waals surface area (Å²) < 4.78 is 39.1. The summed E-state index contributed by atoms with van der Waals surface area (Å²) in [6, 6.07) is 2.21. The van der Waals surface area contributed by atoms with Crippen LogP contribution in [0, 0.1) is 0 Å². The van der Waals surface area contributed by atoms with E-state index in [0.717, 1.165) is 6.07 Å². The molecule has 0 heterocycles. The Bertz CT molecular complexity index is 354. The van der Waals surface area contributed by atoms with Gasteiger partial charge in [-0.25, -0.2) is 0 Å². The minimum Gasteiger partial charge on any atom is -0.503 e. The molecule has 0 aliphatic carbocycles. The first kappa shape index (κ1) is 11.0. The molecule has 1 aromatic rings. The third-order valence-electron chi connectivity index (χ3n) is 1.35. The van der Waals surface area contributed by atoms with Gasteiger partial charge in [0.1, 0.15) is 0 Å². The van der Waals surface area contributed by atoms with Gasteiger partial charge in [-0.15, -0.1) is 13.2 Å². The topological polar surface area (TPSA) is 55.5 Å². The van der Waals surface area contributed by atoms with Gasteiger partial charge in [-0.3, -0.25) is 0 Å². The van der Waals surface area contributed by atoms with E-state index in [-0.39, 0.29) is 5.69 Å². The maximum atomic E-state index is 11.8. The van der Waals surface area contributed by atoms with E-state index in [1.807, 2.05) is 0 Å². The lowest BCUT2D eigenvalue weighted by Crippen LogP contribution is -2.17. The Kier molecular flexibility index (Phi) is 2.79. The van der Waals surface area contributed by atoms with Crippen molar-refractivity contribution in [1.82, 2.24) is 0 Å². The molecule has 0 spiro atoms. The number of phenols is 1. The number of aromatic hydroxyl groups is 1. The maximum Gasteiger partial charge on any atom is 0.573 e. The number of halogens is 4. The molecule has 0 bridgehead atoms. The largest absolute Gasteiger partial charge is 0.573 e. The third-order valence-corrected chi connectivity index (χ3v) is 2.04. The Balaban J connectivity index is 3.06. The van der Waals surface area contributed by atoms with Gasteiger partial charge in [-0.1, -0.05) is 0 Å².